The fourth-order valence-corrected chi connectivity index (χ4v) is 3.56. The molecule has 26 heavy (non-hydrogen) atoms. The van der Waals surface area contributed by atoms with Gasteiger partial charge in [0.2, 0.25) is 5.88 Å². The Balaban J connectivity index is 1.97. The second kappa shape index (κ2) is 4.95. The Bertz CT molecular complexity index is 964. The zero-order valence-corrected chi connectivity index (χ0v) is 12.8. The summed E-state index contributed by atoms with van der Waals surface area (Å²) in [7, 11) is 0. The standard InChI is InChI=1S/C16H10F6N2O2/c17-15(18,19)8-4-9(16(20,21)22)6-11(5-8)24-13(25)12-7-1-2-10(3-7)23(12)14(24)26/h1-2,4-7,10,25H,3H2. The number of hydrogen-bond acceptors (Lipinski definition) is 2. The van der Waals surface area contributed by atoms with Gasteiger partial charge in [-0.2, -0.15) is 26.3 Å². The minimum absolute atomic E-state index is 0.0272. The third-order valence-electron chi connectivity index (χ3n) is 4.67. The molecule has 0 fully saturated rings. The van der Waals surface area contributed by atoms with E-state index in [4.69, 9.17) is 0 Å². The minimum atomic E-state index is -5.04. The van der Waals surface area contributed by atoms with Crippen molar-refractivity contribution in [1.82, 2.24) is 9.13 Å². The smallest absolute Gasteiger partial charge is 0.416 e. The number of hydrogen-bond donors (Lipinski definition) is 1. The average Bonchev–Trinajstić information content (AvgIpc) is 3.19. The van der Waals surface area contributed by atoms with Gasteiger partial charge in [0, 0.05) is 5.92 Å². The van der Waals surface area contributed by atoms with Crippen LogP contribution in [0.25, 0.3) is 5.69 Å². The maximum Gasteiger partial charge on any atom is 0.416 e. The molecule has 4 rings (SSSR count). The number of allylic oxidation sites excluding steroid dienone is 2. The zero-order chi connectivity index (χ0) is 19.0. The molecule has 2 heterocycles. The number of imidazole rings is 1. The maximum atomic E-state index is 13.0. The van der Waals surface area contributed by atoms with Crippen LogP contribution in [0.4, 0.5) is 26.3 Å². The Kier molecular flexibility index (Phi) is 3.20. The van der Waals surface area contributed by atoms with Gasteiger partial charge in [0.15, 0.2) is 0 Å². The summed E-state index contributed by atoms with van der Waals surface area (Å²) in [6, 6.07) is 0.450. The molecule has 1 aliphatic carbocycles. The Morgan fingerprint density at radius 2 is 1.54 bits per heavy atom. The van der Waals surface area contributed by atoms with E-state index in [0.717, 1.165) is 0 Å². The molecule has 0 spiro atoms. The summed E-state index contributed by atoms with van der Waals surface area (Å²) in [5.41, 5.74) is -4.46. The lowest BCUT2D eigenvalue weighted by Gasteiger charge is -2.15. The fraction of sp³-hybridized carbons (Fsp3) is 0.312. The van der Waals surface area contributed by atoms with E-state index in [2.05, 4.69) is 0 Å². The second-order valence-corrected chi connectivity index (χ2v) is 6.26. The molecule has 0 radical (unpaired) electrons. The molecule has 2 aromatic rings. The van der Waals surface area contributed by atoms with Gasteiger partial charge in [-0.05, 0) is 24.6 Å². The van der Waals surface area contributed by atoms with Gasteiger partial charge in [-0.15, -0.1) is 0 Å². The number of benzene rings is 1. The van der Waals surface area contributed by atoms with E-state index in [-0.39, 0.29) is 23.7 Å². The fourth-order valence-electron chi connectivity index (χ4n) is 3.56. The monoisotopic (exact) mass is 376 g/mol. The summed E-state index contributed by atoms with van der Waals surface area (Å²) >= 11 is 0. The number of fused-ring (bicyclic) bond motifs is 5. The van der Waals surface area contributed by atoms with Gasteiger partial charge in [0.1, 0.15) is 0 Å². The van der Waals surface area contributed by atoms with Crippen LogP contribution in [0, 0.1) is 0 Å². The molecule has 1 aromatic heterocycles. The molecule has 10 heteroatoms. The molecule has 1 aromatic carbocycles. The van der Waals surface area contributed by atoms with E-state index in [9.17, 15) is 36.2 Å². The summed E-state index contributed by atoms with van der Waals surface area (Å²) in [5, 5.41) is 10.3. The number of nitrogens with zero attached hydrogens (tertiary/aromatic N) is 2. The molecule has 2 unspecified atom stereocenters. The Hall–Kier alpha value is -2.65. The van der Waals surface area contributed by atoms with Crippen molar-refractivity contribution in [2.45, 2.75) is 30.7 Å². The predicted molar refractivity (Wildman–Crippen MR) is 77.2 cm³/mol. The predicted octanol–water partition coefficient (Wildman–Crippen LogP) is 3.98. The van der Waals surface area contributed by atoms with Gasteiger partial charge < -0.3 is 5.11 Å². The molecule has 2 bridgehead atoms. The van der Waals surface area contributed by atoms with E-state index in [1.807, 2.05) is 0 Å². The van der Waals surface area contributed by atoms with Crippen molar-refractivity contribution in [3.63, 3.8) is 0 Å². The highest BCUT2D eigenvalue weighted by Gasteiger charge is 2.41. The summed E-state index contributed by atoms with van der Waals surface area (Å²) in [4.78, 5) is 12.6. The molecule has 0 saturated carbocycles. The summed E-state index contributed by atoms with van der Waals surface area (Å²) in [5.74, 6) is -0.930. The van der Waals surface area contributed by atoms with Crippen LogP contribution in [-0.4, -0.2) is 14.2 Å². The summed E-state index contributed by atoms with van der Waals surface area (Å²) < 4.78 is 79.8. The first-order valence-corrected chi connectivity index (χ1v) is 7.53. The van der Waals surface area contributed by atoms with Crippen molar-refractivity contribution in [2.24, 2.45) is 0 Å². The van der Waals surface area contributed by atoms with Gasteiger partial charge in [-0.3, -0.25) is 4.57 Å². The lowest BCUT2D eigenvalue weighted by molar-refractivity contribution is -0.143. The highest BCUT2D eigenvalue weighted by atomic mass is 19.4. The number of aromatic nitrogens is 2. The van der Waals surface area contributed by atoms with Crippen molar-refractivity contribution in [2.75, 3.05) is 0 Å². The Morgan fingerprint density at radius 1 is 0.962 bits per heavy atom. The Labute approximate surface area is 141 Å². The topological polar surface area (TPSA) is 47.2 Å². The normalized spacial score (nSPS) is 21.5. The summed E-state index contributed by atoms with van der Waals surface area (Å²) in [6.07, 6.45) is -6.08. The number of halogens is 6. The van der Waals surface area contributed by atoms with Crippen LogP contribution >= 0.6 is 0 Å². The van der Waals surface area contributed by atoms with Crippen LogP contribution in [0.2, 0.25) is 0 Å². The molecule has 2 atom stereocenters. The summed E-state index contributed by atoms with van der Waals surface area (Å²) in [6.45, 7) is 0. The lowest BCUT2D eigenvalue weighted by Crippen LogP contribution is -2.25. The number of alkyl halides is 6. The first kappa shape index (κ1) is 16.8. The van der Waals surface area contributed by atoms with Gasteiger partial charge in [0.05, 0.1) is 28.6 Å². The van der Waals surface area contributed by atoms with Crippen molar-refractivity contribution < 1.29 is 31.4 Å². The van der Waals surface area contributed by atoms with Crippen LogP contribution in [-0.2, 0) is 12.4 Å². The molecule has 4 nitrogen and oxygen atoms in total. The molecular formula is C16H10F6N2O2. The van der Waals surface area contributed by atoms with E-state index in [1.165, 1.54) is 4.57 Å². The molecule has 2 aliphatic rings. The molecule has 0 saturated heterocycles. The van der Waals surface area contributed by atoms with E-state index in [1.54, 1.807) is 12.2 Å². The number of aromatic hydroxyl groups is 1. The molecule has 138 valence electrons. The zero-order valence-electron chi connectivity index (χ0n) is 12.8. The van der Waals surface area contributed by atoms with Crippen LogP contribution in [0.1, 0.15) is 35.2 Å². The van der Waals surface area contributed by atoms with Crippen LogP contribution in [0.5, 0.6) is 5.88 Å². The van der Waals surface area contributed by atoms with E-state index in [0.29, 0.717) is 23.1 Å². The van der Waals surface area contributed by atoms with Gasteiger partial charge in [-0.25, -0.2) is 9.36 Å². The molecular weight excluding hydrogens is 366 g/mol. The maximum absolute atomic E-state index is 13.0. The number of rotatable bonds is 1. The van der Waals surface area contributed by atoms with Crippen molar-refractivity contribution in [3.05, 3.63) is 57.7 Å². The third kappa shape index (κ3) is 2.27. The van der Waals surface area contributed by atoms with Crippen LogP contribution in [0.3, 0.4) is 0 Å². The SMILES string of the molecule is O=c1n(-c2cc(C(F)(F)F)cc(C(F)(F)F)c2)c(O)c2n1C1C=CC2C1. The largest absolute Gasteiger partial charge is 0.493 e. The van der Waals surface area contributed by atoms with Crippen molar-refractivity contribution in [1.29, 1.82) is 0 Å². The van der Waals surface area contributed by atoms with Crippen LogP contribution in [0.15, 0.2) is 35.1 Å². The molecule has 0 amide bonds. The molecule has 1 N–H and O–H groups in total. The first-order chi connectivity index (χ1) is 12.0. The lowest BCUT2D eigenvalue weighted by atomic mass is 10.1. The van der Waals surface area contributed by atoms with Crippen LogP contribution < -0.4 is 5.69 Å². The highest BCUT2D eigenvalue weighted by Crippen LogP contribution is 2.47. The van der Waals surface area contributed by atoms with Gasteiger partial charge in [-0.1, -0.05) is 12.2 Å². The Morgan fingerprint density at radius 3 is 2.04 bits per heavy atom. The highest BCUT2D eigenvalue weighted by molar-refractivity contribution is 5.48. The first-order valence-electron chi connectivity index (χ1n) is 7.53. The van der Waals surface area contributed by atoms with Crippen molar-refractivity contribution >= 4 is 0 Å². The third-order valence-corrected chi connectivity index (χ3v) is 4.67. The average molecular weight is 376 g/mol. The second-order valence-electron chi connectivity index (χ2n) is 6.26. The van der Waals surface area contributed by atoms with Gasteiger partial charge in [0.25, 0.3) is 0 Å². The van der Waals surface area contributed by atoms with Crippen molar-refractivity contribution in [3.8, 4) is 11.6 Å². The molecule has 1 aliphatic heterocycles. The van der Waals surface area contributed by atoms with E-state index >= 15 is 0 Å². The van der Waals surface area contributed by atoms with E-state index < -0.39 is 40.7 Å². The quantitative estimate of drug-likeness (QED) is 0.605. The van der Waals surface area contributed by atoms with Gasteiger partial charge >= 0.3 is 18.0 Å². The minimum Gasteiger partial charge on any atom is -0.493 e.